The van der Waals surface area contributed by atoms with Gasteiger partial charge >= 0.3 is 0 Å². The number of allylic oxidation sites excluding steroid dienone is 2. The van der Waals surface area contributed by atoms with Gasteiger partial charge in [0, 0.05) is 30.4 Å². The molecule has 1 saturated carbocycles. The summed E-state index contributed by atoms with van der Waals surface area (Å²) >= 11 is 0. The molecule has 2 fully saturated rings. The van der Waals surface area contributed by atoms with Crippen molar-refractivity contribution < 1.29 is 9.50 Å². The minimum absolute atomic E-state index is 0.135. The molecule has 3 aromatic rings. The maximum absolute atomic E-state index is 13.9. The SMILES string of the molecule is C=C(C1CCN(Cc2ccc(/C(=C\C)c3cccc(F)c3)c(C)c2)CC1)N(CC1CC(O)C1)c1ccccc1C. The van der Waals surface area contributed by atoms with Crippen LogP contribution in [0.2, 0.25) is 0 Å². The van der Waals surface area contributed by atoms with E-state index in [0.29, 0.717) is 11.8 Å². The predicted octanol–water partition coefficient (Wildman–Crippen LogP) is 7.90. The molecule has 1 aliphatic carbocycles. The first kappa shape index (κ1) is 28.3. The van der Waals surface area contributed by atoms with Crippen molar-refractivity contribution in [2.45, 2.75) is 59.1 Å². The van der Waals surface area contributed by atoms with Gasteiger partial charge in [0.15, 0.2) is 0 Å². The Labute approximate surface area is 239 Å². The summed E-state index contributed by atoms with van der Waals surface area (Å²) in [4.78, 5) is 5.01. The third kappa shape index (κ3) is 6.40. The molecule has 0 unspecified atom stereocenters. The van der Waals surface area contributed by atoms with Crippen molar-refractivity contribution in [3.05, 3.63) is 119 Å². The summed E-state index contributed by atoms with van der Waals surface area (Å²) in [5.41, 5.74) is 9.43. The lowest BCUT2D eigenvalue weighted by Gasteiger charge is -2.41. The van der Waals surface area contributed by atoms with Crippen LogP contribution in [0.1, 0.15) is 60.4 Å². The number of aliphatic hydroxyl groups is 1. The van der Waals surface area contributed by atoms with E-state index < -0.39 is 0 Å². The third-order valence-corrected chi connectivity index (χ3v) is 8.87. The molecule has 1 saturated heterocycles. The second-order valence-electron chi connectivity index (χ2n) is 11.8. The molecule has 40 heavy (non-hydrogen) atoms. The topological polar surface area (TPSA) is 26.7 Å². The van der Waals surface area contributed by atoms with Gasteiger partial charge in [-0.1, -0.05) is 61.2 Å². The number of benzene rings is 3. The normalized spacial score (nSPS) is 20.3. The molecule has 0 radical (unpaired) electrons. The van der Waals surface area contributed by atoms with E-state index in [1.54, 1.807) is 12.1 Å². The van der Waals surface area contributed by atoms with Crippen LogP contribution in [0.5, 0.6) is 0 Å². The molecule has 0 aromatic heterocycles. The van der Waals surface area contributed by atoms with E-state index in [0.717, 1.165) is 68.6 Å². The van der Waals surface area contributed by atoms with Crippen molar-refractivity contribution in [3.63, 3.8) is 0 Å². The molecule has 5 rings (SSSR count). The van der Waals surface area contributed by atoms with Gasteiger partial charge < -0.3 is 10.0 Å². The monoisotopic (exact) mass is 538 g/mol. The maximum Gasteiger partial charge on any atom is 0.123 e. The van der Waals surface area contributed by atoms with Gasteiger partial charge in [-0.05, 0) is 117 Å². The summed E-state index contributed by atoms with van der Waals surface area (Å²) in [7, 11) is 0. The Kier molecular flexibility index (Phi) is 8.87. The third-order valence-electron chi connectivity index (χ3n) is 8.87. The highest BCUT2D eigenvalue weighted by molar-refractivity contribution is 5.81. The van der Waals surface area contributed by atoms with E-state index in [4.69, 9.17) is 0 Å². The molecule has 0 amide bonds. The number of hydrogen-bond acceptors (Lipinski definition) is 3. The number of aryl methyl sites for hydroxylation is 2. The van der Waals surface area contributed by atoms with Crippen molar-refractivity contribution >= 4 is 11.3 Å². The predicted molar refractivity (Wildman–Crippen MR) is 165 cm³/mol. The highest BCUT2D eigenvalue weighted by Crippen LogP contribution is 2.36. The Balaban J connectivity index is 1.22. The van der Waals surface area contributed by atoms with E-state index in [1.165, 1.54) is 34.1 Å². The number of para-hydroxylation sites is 1. The fraction of sp³-hybridized carbons (Fsp3) is 0.389. The lowest BCUT2D eigenvalue weighted by Crippen LogP contribution is -2.41. The Morgan fingerprint density at radius 1 is 1.00 bits per heavy atom. The van der Waals surface area contributed by atoms with Gasteiger partial charge in [-0.3, -0.25) is 4.90 Å². The van der Waals surface area contributed by atoms with Gasteiger partial charge in [0.05, 0.1) is 6.10 Å². The molecule has 4 heteroatoms. The first-order valence-electron chi connectivity index (χ1n) is 14.8. The van der Waals surface area contributed by atoms with Crippen molar-refractivity contribution in [2.75, 3.05) is 24.5 Å². The van der Waals surface area contributed by atoms with Gasteiger partial charge in [-0.2, -0.15) is 0 Å². The molecule has 0 atom stereocenters. The van der Waals surface area contributed by atoms with E-state index in [1.807, 2.05) is 13.0 Å². The zero-order chi connectivity index (χ0) is 28.2. The van der Waals surface area contributed by atoms with Crippen molar-refractivity contribution in [1.82, 2.24) is 4.90 Å². The second kappa shape index (κ2) is 12.5. The summed E-state index contributed by atoms with van der Waals surface area (Å²) in [6, 6.07) is 22.2. The molecule has 3 nitrogen and oxygen atoms in total. The van der Waals surface area contributed by atoms with Crippen LogP contribution in [0.4, 0.5) is 10.1 Å². The first-order valence-corrected chi connectivity index (χ1v) is 14.8. The number of hydrogen-bond donors (Lipinski definition) is 1. The van der Waals surface area contributed by atoms with E-state index >= 15 is 0 Å². The molecule has 0 spiro atoms. The minimum Gasteiger partial charge on any atom is -0.393 e. The highest BCUT2D eigenvalue weighted by Gasteiger charge is 2.32. The molecule has 1 heterocycles. The number of aliphatic hydroxyl groups excluding tert-OH is 1. The number of piperidine rings is 1. The van der Waals surface area contributed by atoms with E-state index in [-0.39, 0.29) is 11.9 Å². The maximum atomic E-state index is 13.9. The van der Waals surface area contributed by atoms with Crippen LogP contribution in [0.25, 0.3) is 5.57 Å². The van der Waals surface area contributed by atoms with Crippen molar-refractivity contribution in [1.29, 1.82) is 0 Å². The summed E-state index contributed by atoms with van der Waals surface area (Å²) in [5, 5.41) is 9.87. The number of halogens is 1. The van der Waals surface area contributed by atoms with Crippen molar-refractivity contribution in [2.24, 2.45) is 11.8 Å². The zero-order valence-electron chi connectivity index (χ0n) is 24.2. The summed E-state index contributed by atoms with van der Waals surface area (Å²) in [5.74, 6) is 0.788. The highest BCUT2D eigenvalue weighted by atomic mass is 19.1. The number of rotatable bonds is 9. The summed E-state index contributed by atoms with van der Waals surface area (Å²) < 4.78 is 13.9. The number of nitrogens with zero attached hydrogens (tertiary/aromatic N) is 2. The van der Waals surface area contributed by atoms with Crippen LogP contribution >= 0.6 is 0 Å². The Hall–Kier alpha value is -3.21. The van der Waals surface area contributed by atoms with Gasteiger partial charge in [0.2, 0.25) is 0 Å². The molecular formula is C36H43FN2O. The lowest BCUT2D eigenvalue weighted by molar-refractivity contribution is 0.0462. The van der Waals surface area contributed by atoms with Crippen LogP contribution in [0.3, 0.4) is 0 Å². The van der Waals surface area contributed by atoms with Gasteiger partial charge in [-0.15, -0.1) is 0 Å². The summed E-state index contributed by atoms with van der Waals surface area (Å²) in [6.45, 7) is 15.0. The van der Waals surface area contributed by atoms with Crippen LogP contribution < -0.4 is 4.90 Å². The van der Waals surface area contributed by atoms with Crippen molar-refractivity contribution in [3.8, 4) is 0 Å². The largest absolute Gasteiger partial charge is 0.393 e. The van der Waals surface area contributed by atoms with E-state index in [2.05, 4.69) is 78.8 Å². The molecule has 0 bridgehead atoms. The first-order chi connectivity index (χ1) is 19.3. The fourth-order valence-electron chi connectivity index (χ4n) is 6.51. The van der Waals surface area contributed by atoms with Gasteiger partial charge in [0.25, 0.3) is 0 Å². The van der Waals surface area contributed by atoms with Crippen LogP contribution in [0.15, 0.2) is 85.1 Å². The fourth-order valence-corrected chi connectivity index (χ4v) is 6.51. The quantitative estimate of drug-likeness (QED) is 0.300. The number of likely N-dealkylation sites (tertiary alicyclic amines) is 1. The molecular weight excluding hydrogens is 495 g/mol. The number of anilines is 1. The van der Waals surface area contributed by atoms with E-state index in [9.17, 15) is 9.50 Å². The standard InChI is InChI=1S/C36H43FN2O/c1-5-34(31-10-8-11-32(37)22-31)35-14-13-28(19-26(35)3)23-38-17-15-30(16-18-38)27(4)39(24-29-20-33(40)21-29)36-12-7-6-9-25(36)2/h5-14,19,22,29-30,33,40H,4,15-18,20-21,23-24H2,1-3H3/b34-5-. The molecule has 1 aliphatic heterocycles. The molecule has 1 N–H and O–H groups in total. The van der Waals surface area contributed by atoms with Gasteiger partial charge in [-0.25, -0.2) is 4.39 Å². The smallest absolute Gasteiger partial charge is 0.123 e. The van der Waals surface area contributed by atoms with Crippen LogP contribution in [-0.2, 0) is 6.54 Å². The molecule has 3 aromatic carbocycles. The Morgan fingerprint density at radius 3 is 2.40 bits per heavy atom. The Morgan fingerprint density at radius 2 is 1.75 bits per heavy atom. The zero-order valence-corrected chi connectivity index (χ0v) is 24.2. The van der Waals surface area contributed by atoms with Gasteiger partial charge in [0.1, 0.15) is 5.82 Å². The minimum atomic E-state index is -0.207. The molecule has 210 valence electrons. The average molecular weight is 539 g/mol. The molecule has 2 aliphatic rings. The van der Waals surface area contributed by atoms with Crippen LogP contribution in [0, 0.1) is 31.5 Å². The van der Waals surface area contributed by atoms with Crippen LogP contribution in [-0.4, -0.2) is 35.7 Å². The lowest BCUT2D eigenvalue weighted by atomic mass is 9.81. The Bertz CT molecular complexity index is 1360. The average Bonchev–Trinajstić information content (AvgIpc) is 2.93. The second-order valence-corrected chi connectivity index (χ2v) is 11.8. The summed E-state index contributed by atoms with van der Waals surface area (Å²) in [6.07, 6.45) is 5.93.